The molecule has 0 saturated carbocycles. The van der Waals surface area contributed by atoms with E-state index in [1.54, 1.807) is 0 Å². The lowest BCUT2D eigenvalue weighted by molar-refractivity contribution is 1.31. The maximum atomic E-state index is 9.79. The molecule has 0 saturated heterocycles. The van der Waals surface area contributed by atoms with Crippen LogP contribution in [0.2, 0.25) is 0 Å². The lowest BCUT2D eigenvalue weighted by Gasteiger charge is -2.28. The van der Waals surface area contributed by atoms with Crippen LogP contribution in [0.5, 0.6) is 0 Å². The van der Waals surface area contributed by atoms with E-state index in [4.69, 9.17) is 0 Å². The molecule has 0 aliphatic carbocycles. The molecule has 4 heteroatoms. The van der Waals surface area contributed by atoms with Crippen LogP contribution in [-0.4, -0.2) is 0 Å². The first-order chi connectivity index (χ1) is 22.2. The van der Waals surface area contributed by atoms with Gasteiger partial charge in [0.25, 0.3) is 0 Å². The van der Waals surface area contributed by atoms with Crippen molar-refractivity contribution in [3.05, 3.63) is 145 Å². The van der Waals surface area contributed by atoms with Gasteiger partial charge in [-0.15, -0.1) is 0 Å². The molecule has 0 fully saturated rings. The highest BCUT2D eigenvalue weighted by molar-refractivity contribution is 6.24. The Balaban J connectivity index is 1.38. The SMILES string of the molecule is N#CC(C#N)=C(C#N)c1cc2ccc3cc(N(c4ccc5ccccc5c4)c4cccc5ccccc45)cc4ccc(c1)c2c34. The molecular formula is C41H22N4. The molecule has 0 spiro atoms. The van der Waals surface area contributed by atoms with Gasteiger partial charge < -0.3 is 4.90 Å². The second kappa shape index (κ2) is 10.3. The summed E-state index contributed by atoms with van der Waals surface area (Å²) in [5, 5.41) is 39.7. The van der Waals surface area contributed by atoms with E-state index in [1.165, 1.54) is 21.5 Å². The highest BCUT2D eigenvalue weighted by atomic mass is 15.1. The third-order valence-electron chi connectivity index (χ3n) is 8.65. The molecule has 4 nitrogen and oxygen atoms in total. The lowest BCUT2D eigenvalue weighted by atomic mass is 9.90. The molecule has 8 rings (SSSR count). The Morgan fingerprint density at radius 1 is 0.444 bits per heavy atom. The maximum absolute atomic E-state index is 9.79. The predicted molar refractivity (Wildman–Crippen MR) is 184 cm³/mol. The summed E-state index contributed by atoms with van der Waals surface area (Å²) in [5.74, 6) is 0. The number of nitrogens with zero attached hydrogens (tertiary/aromatic N) is 4. The average molecular weight is 571 g/mol. The largest absolute Gasteiger partial charge is 0.310 e. The van der Waals surface area contributed by atoms with Crippen molar-refractivity contribution in [2.24, 2.45) is 0 Å². The highest BCUT2D eigenvalue weighted by Gasteiger charge is 2.19. The van der Waals surface area contributed by atoms with Crippen molar-refractivity contribution in [1.82, 2.24) is 0 Å². The summed E-state index contributed by atoms with van der Waals surface area (Å²) in [4.78, 5) is 2.34. The lowest BCUT2D eigenvalue weighted by Crippen LogP contribution is -2.10. The molecule has 0 aromatic heterocycles. The van der Waals surface area contributed by atoms with Crippen molar-refractivity contribution in [2.45, 2.75) is 0 Å². The number of hydrogen-bond donors (Lipinski definition) is 0. The van der Waals surface area contributed by atoms with Crippen LogP contribution in [0.4, 0.5) is 17.1 Å². The zero-order chi connectivity index (χ0) is 30.5. The fraction of sp³-hybridized carbons (Fsp3) is 0. The summed E-state index contributed by atoms with van der Waals surface area (Å²) in [7, 11) is 0. The standard InChI is InChI=1S/C41H22N4/c42-23-34(24-43)38(25-44)33-18-29-12-14-31-21-36(22-32-15-13-30(19-33)40(29)41(31)32)45(35-17-16-26-6-1-2-8-28(26)20-35)39-11-5-9-27-7-3-4-10-37(27)39/h1-22H. The molecule has 0 radical (unpaired) electrons. The quantitative estimate of drug-likeness (QED) is 0.156. The number of nitriles is 3. The molecule has 0 N–H and O–H groups in total. The van der Waals surface area contributed by atoms with Crippen molar-refractivity contribution in [2.75, 3.05) is 4.90 Å². The van der Waals surface area contributed by atoms with Crippen molar-refractivity contribution >= 4 is 76.5 Å². The minimum absolute atomic E-state index is 0.0916. The van der Waals surface area contributed by atoms with Crippen LogP contribution >= 0.6 is 0 Å². The van der Waals surface area contributed by atoms with Crippen LogP contribution < -0.4 is 4.90 Å². The van der Waals surface area contributed by atoms with E-state index in [9.17, 15) is 15.8 Å². The molecule has 0 aliphatic rings. The minimum atomic E-state index is -0.183. The number of rotatable bonds is 4. The van der Waals surface area contributed by atoms with Crippen LogP contribution in [0, 0.1) is 34.0 Å². The third-order valence-corrected chi connectivity index (χ3v) is 8.65. The summed E-state index contributed by atoms with van der Waals surface area (Å²) in [6, 6.07) is 52.4. The molecular weight excluding hydrogens is 548 g/mol. The Morgan fingerprint density at radius 3 is 1.62 bits per heavy atom. The van der Waals surface area contributed by atoms with Crippen molar-refractivity contribution in [3.63, 3.8) is 0 Å². The Morgan fingerprint density at radius 2 is 0.978 bits per heavy atom. The van der Waals surface area contributed by atoms with Gasteiger partial charge >= 0.3 is 0 Å². The number of fused-ring (bicyclic) bond motifs is 2. The van der Waals surface area contributed by atoms with E-state index < -0.39 is 0 Å². The molecule has 45 heavy (non-hydrogen) atoms. The van der Waals surface area contributed by atoms with Gasteiger partial charge in [0.05, 0.1) is 11.3 Å². The molecule has 0 unspecified atom stereocenters. The van der Waals surface area contributed by atoms with Crippen molar-refractivity contribution in [1.29, 1.82) is 15.8 Å². The van der Waals surface area contributed by atoms with E-state index in [2.05, 4.69) is 132 Å². The van der Waals surface area contributed by atoms with Gasteiger partial charge in [-0.3, -0.25) is 0 Å². The second-order valence-corrected chi connectivity index (χ2v) is 11.1. The summed E-state index contributed by atoms with van der Waals surface area (Å²) in [5.41, 5.74) is 3.70. The molecule has 206 valence electrons. The van der Waals surface area contributed by atoms with Gasteiger partial charge in [0, 0.05) is 16.8 Å². The Hall–Kier alpha value is -6.67. The number of anilines is 3. The summed E-state index contributed by atoms with van der Waals surface area (Å²) < 4.78 is 0. The van der Waals surface area contributed by atoms with Crippen molar-refractivity contribution < 1.29 is 0 Å². The molecule has 8 aromatic carbocycles. The van der Waals surface area contributed by atoms with E-state index in [0.29, 0.717) is 5.56 Å². The molecule has 8 aromatic rings. The average Bonchev–Trinajstić information content (AvgIpc) is 3.09. The smallest absolute Gasteiger partial charge is 0.148 e. The monoisotopic (exact) mass is 570 g/mol. The van der Waals surface area contributed by atoms with Gasteiger partial charge in [0.2, 0.25) is 0 Å². The first-order valence-electron chi connectivity index (χ1n) is 14.6. The number of allylic oxidation sites excluding steroid dienone is 2. The Kier molecular flexibility index (Phi) is 5.92. The number of hydrogen-bond acceptors (Lipinski definition) is 4. The van der Waals surface area contributed by atoms with Gasteiger partial charge in [-0.2, -0.15) is 15.8 Å². The summed E-state index contributed by atoms with van der Waals surface area (Å²) in [6.45, 7) is 0. The Bertz CT molecular complexity index is 2560. The van der Waals surface area contributed by atoms with Gasteiger partial charge in [-0.05, 0) is 96.5 Å². The first-order valence-corrected chi connectivity index (χ1v) is 14.6. The molecule has 0 heterocycles. The van der Waals surface area contributed by atoms with Gasteiger partial charge in [-0.1, -0.05) is 91.0 Å². The fourth-order valence-corrected chi connectivity index (χ4v) is 6.64. The van der Waals surface area contributed by atoms with E-state index in [1.807, 2.05) is 24.3 Å². The predicted octanol–water partition coefficient (Wildman–Crippen LogP) is 10.7. The van der Waals surface area contributed by atoms with Gasteiger partial charge in [0.1, 0.15) is 23.8 Å². The first kappa shape index (κ1) is 26.0. The molecule has 0 aliphatic heterocycles. The highest BCUT2D eigenvalue weighted by Crippen LogP contribution is 2.44. The van der Waals surface area contributed by atoms with E-state index in [0.717, 1.165) is 49.4 Å². The zero-order valence-electron chi connectivity index (χ0n) is 24.0. The van der Waals surface area contributed by atoms with Crippen LogP contribution in [0.3, 0.4) is 0 Å². The van der Waals surface area contributed by atoms with Crippen molar-refractivity contribution in [3.8, 4) is 18.2 Å². The summed E-state index contributed by atoms with van der Waals surface area (Å²) >= 11 is 0. The van der Waals surface area contributed by atoms with Crippen LogP contribution in [-0.2, 0) is 0 Å². The topological polar surface area (TPSA) is 74.6 Å². The maximum Gasteiger partial charge on any atom is 0.148 e. The Labute approximate surface area is 259 Å². The molecule has 0 bridgehead atoms. The number of benzene rings is 8. The zero-order valence-corrected chi connectivity index (χ0v) is 24.0. The fourth-order valence-electron chi connectivity index (χ4n) is 6.64. The van der Waals surface area contributed by atoms with Gasteiger partial charge in [-0.25, -0.2) is 0 Å². The van der Waals surface area contributed by atoms with E-state index in [-0.39, 0.29) is 11.1 Å². The second-order valence-electron chi connectivity index (χ2n) is 11.1. The third kappa shape index (κ3) is 4.12. The van der Waals surface area contributed by atoms with E-state index >= 15 is 0 Å². The minimum Gasteiger partial charge on any atom is -0.310 e. The summed E-state index contributed by atoms with van der Waals surface area (Å²) in [6.07, 6.45) is 0. The van der Waals surface area contributed by atoms with Crippen LogP contribution in [0.15, 0.2) is 139 Å². The molecule has 0 amide bonds. The normalized spacial score (nSPS) is 11.0. The molecule has 0 atom stereocenters. The van der Waals surface area contributed by atoms with Crippen LogP contribution in [0.25, 0.3) is 59.4 Å². The van der Waals surface area contributed by atoms with Gasteiger partial charge in [0.15, 0.2) is 0 Å². The van der Waals surface area contributed by atoms with Crippen LogP contribution in [0.1, 0.15) is 5.56 Å².